The highest BCUT2D eigenvalue weighted by Crippen LogP contribution is 2.21. The first-order chi connectivity index (χ1) is 11.5. The average molecular weight is 402 g/mol. The molecule has 0 saturated carbocycles. The van der Waals surface area contributed by atoms with Crippen LogP contribution in [0.1, 0.15) is 11.1 Å². The van der Waals surface area contributed by atoms with Crippen molar-refractivity contribution in [1.82, 2.24) is 0 Å². The number of anilines is 1. The summed E-state index contributed by atoms with van der Waals surface area (Å²) in [4.78, 5) is 0.227. The molecule has 0 radical (unpaired) electrons. The van der Waals surface area contributed by atoms with Crippen LogP contribution < -0.4 is 4.72 Å². The van der Waals surface area contributed by atoms with Gasteiger partial charge in [-0.2, -0.15) is 0 Å². The van der Waals surface area contributed by atoms with Gasteiger partial charge in [0.05, 0.1) is 4.90 Å². The van der Waals surface area contributed by atoms with Crippen LogP contribution in [0, 0.1) is 0 Å². The molecule has 1 N–H and O–H groups in total. The summed E-state index contributed by atoms with van der Waals surface area (Å²) in [6.07, 6.45) is 0.757. The molecule has 0 fully saturated rings. The molecule has 0 amide bonds. The fourth-order valence-electron chi connectivity index (χ4n) is 2.42. The number of sulfonamides is 1. The lowest BCUT2D eigenvalue weighted by Crippen LogP contribution is -2.13. The Labute approximate surface area is 150 Å². The third kappa shape index (κ3) is 4.24. The van der Waals surface area contributed by atoms with E-state index in [1.165, 1.54) is 5.56 Å². The zero-order valence-corrected chi connectivity index (χ0v) is 15.2. The van der Waals surface area contributed by atoms with Crippen molar-refractivity contribution in [2.75, 3.05) is 4.72 Å². The molecule has 0 saturated heterocycles. The van der Waals surface area contributed by atoms with Crippen molar-refractivity contribution in [3.05, 3.63) is 94.5 Å². The zero-order chi connectivity index (χ0) is 17.0. The number of hydrogen-bond acceptors (Lipinski definition) is 2. The second-order valence-corrected chi connectivity index (χ2v) is 8.02. The largest absolute Gasteiger partial charge is 0.280 e. The Hall–Kier alpha value is -2.11. The molecule has 0 aliphatic carbocycles. The summed E-state index contributed by atoms with van der Waals surface area (Å²) in [7, 11) is -3.61. The van der Waals surface area contributed by atoms with E-state index in [1.807, 2.05) is 36.4 Å². The van der Waals surface area contributed by atoms with Gasteiger partial charge in [0.25, 0.3) is 10.0 Å². The van der Waals surface area contributed by atoms with Crippen LogP contribution in [0.4, 0.5) is 5.69 Å². The van der Waals surface area contributed by atoms with Crippen molar-refractivity contribution in [2.24, 2.45) is 0 Å². The third-order valence-electron chi connectivity index (χ3n) is 3.54. The quantitative estimate of drug-likeness (QED) is 0.664. The summed E-state index contributed by atoms with van der Waals surface area (Å²) in [6, 6.07) is 24.2. The second kappa shape index (κ2) is 7.20. The fraction of sp³-hybridized carbons (Fsp3) is 0.0526. The molecule has 0 aromatic heterocycles. The topological polar surface area (TPSA) is 46.2 Å². The minimum absolute atomic E-state index is 0.227. The zero-order valence-electron chi connectivity index (χ0n) is 12.8. The van der Waals surface area contributed by atoms with Gasteiger partial charge in [0.2, 0.25) is 0 Å². The Bertz CT molecular complexity index is 940. The van der Waals surface area contributed by atoms with Crippen LogP contribution in [0.2, 0.25) is 0 Å². The maximum absolute atomic E-state index is 12.5. The first-order valence-electron chi connectivity index (χ1n) is 7.44. The molecule has 0 unspecified atom stereocenters. The molecule has 3 aromatic rings. The van der Waals surface area contributed by atoms with E-state index in [9.17, 15) is 8.42 Å². The van der Waals surface area contributed by atoms with Crippen molar-refractivity contribution in [3.63, 3.8) is 0 Å². The van der Waals surface area contributed by atoms with Gasteiger partial charge < -0.3 is 0 Å². The SMILES string of the molecule is O=S(=O)(Nc1cccc(Cc2ccccc2)c1)c1cccc(Br)c1. The average Bonchev–Trinajstić information content (AvgIpc) is 2.56. The highest BCUT2D eigenvalue weighted by atomic mass is 79.9. The normalized spacial score (nSPS) is 11.2. The van der Waals surface area contributed by atoms with Crippen LogP contribution in [0.25, 0.3) is 0 Å². The summed E-state index contributed by atoms with van der Waals surface area (Å²) < 4.78 is 28.3. The molecule has 3 rings (SSSR count). The summed E-state index contributed by atoms with van der Waals surface area (Å²) in [5.74, 6) is 0. The minimum atomic E-state index is -3.61. The van der Waals surface area contributed by atoms with Crippen LogP contribution in [0.15, 0.2) is 88.2 Å². The molecule has 3 nitrogen and oxygen atoms in total. The number of nitrogens with one attached hydrogen (secondary N) is 1. The predicted octanol–water partition coefficient (Wildman–Crippen LogP) is 4.84. The Balaban J connectivity index is 1.82. The molecular formula is C19H16BrNO2S. The number of rotatable bonds is 5. The maximum Gasteiger partial charge on any atom is 0.261 e. The molecule has 0 atom stereocenters. The van der Waals surface area contributed by atoms with Crippen LogP contribution >= 0.6 is 15.9 Å². The predicted molar refractivity (Wildman–Crippen MR) is 101 cm³/mol. The van der Waals surface area contributed by atoms with E-state index in [4.69, 9.17) is 0 Å². The highest BCUT2D eigenvalue weighted by Gasteiger charge is 2.14. The van der Waals surface area contributed by atoms with Gasteiger partial charge in [0, 0.05) is 10.2 Å². The highest BCUT2D eigenvalue weighted by molar-refractivity contribution is 9.10. The standard InChI is InChI=1S/C19H16BrNO2S/c20-17-9-5-11-19(14-17)24(22,23)21-18-10-4-8-16(13-18)12-15-6-2-1-3-7-15/h1-11,13-14,21H,12H2. The van der Waals surface area contributed by atoms with E-state index >= 15 is 0 Å². The maximum atomic E-state index is 12.5. The Morgan fingerprint density at radius 2 is 1.50 bits per heavy atom. The van der Waals surface area contributed by atoms with Crippen LogP contribution in [-0.2, 0) is 16.4 Å². The number of halogens is 1. The van der Waals surface area contributed by atoms with Gasteiger partial charge in [-0.3, -0.25) is 4.72 Å². The Morgan fingerprint density at radius 3 is 2.25 bits per heavy atom. The lowest BCUT2D eigenvalue weighted by Gasteiger charge is -2.10. The van der Waals surface area contributed by atoms with E-state index < -0.39 is 10.0 Å². The lowest BCUT2D eigenvalue weighted by atomic mass is 10.0. The molecule has 122 valence electrons. The van der Waals surface area contributed by atoms with Crippen molar-refractivity contribution in [1.29, 1.82) is 0 Å². The Morgan fingerprint density at radius 1 is 0.792 bits per heavy atom. The van der Waals surface area contributed by atoms with Gasteiger partial charge in [-0.25, -0.2) is 8.42 Å². The monoisotopic (exact) mass is 401 g/mol. The molecule has 0 spiro atoms. The van der Waals surface area contributed by atoms with Gasteiger partial charge in [-0.05, 0) is 47.9 Å². The fourth-order valence-corrected chi connectivity index (χ4v) is 4.07. The molecule has 3 aromatic carbocycles. The second-order valence-electron chi connectivity index (χ2n) is 5.43. The van der Waals surface area contributed by atoms with E-state index in [-0.39, 0.29) is 4.90 Å². The van der Waals surface area contributed by atoms with E-state index in [1.54, 1.807) is 30.3 Å². The number of hydrogen-bond donors (Lipinski definition) is 1. The molecule has 0 heterocycles. The van der Waals surface area contributed by atoms with Gasteiger partial charge >= 0.3 is 0 Å². The van der Waals surface area contributed by atoms with E-state index in [2.05, 4.69) is 32.8 Å². The summed E-state index contributed by atoms with van der Waals surface area (Å²) in [5, 5.41) is 0. The third-order valence-corrected chi connectivity index (χ3v) is 5.41. The van der Waals surface area contributed by atoms with E-state index in [0.29, 0.717) is 5.69 Å². The minimum Gasteiger partial charge on any atom is -0.280 e. The van der Waals surface area contributed by atoms with Crippen LogP contribution in [0.3, 0.4) is 0 Å². The van der Waals surface area contributed by atoms with Gasteiger partial charge in [0.1, 0.15) is 0 Å². The molecule has 5 heteroatoms. The number of benzene rings is 3. The summed E-state index contributed by atoms with van der Waals surface area (Å²) >= 11 is 3.30. The van der Waals surface area contributed by atoms with Gasteiger partial charge in [-0.1, -0.05) is 64.5 Å². The molecule has 24 heavy (non-hydrogen) atoms. The molecule has 0 aliphatic heterocycles. The smallest absolute Gasteiger partial charge is 0.261 e. The van der Waals surface area contributed by atoms with Crippen molar-refractivity contribution < 1.29 is 8.42 Å². The first kappa shape index (κ1) is 16.7. The molecule has 0 aliphatic rings. The Kier molecular flexibility index (Phi) is 5.02. The van der Waals surface area contributed by atoms with Gasteiger partial charge in [-0.15, -0.1) is 0 Å². The van der Waals surface area contributed by atoms with Crippen LogP contribution in [-0.4, -0.2) is 8.42 Å². The summed E-state index contributed by atoms with van der Waals surface area (Å²) in [5.41, 5.74) is 2.79. The first-order valence-corrected chi connectivity index (χ1v) is 9.72. The lowest BCUT2D eigenvalue weighted by molar-refractivity contribution is 0.601. The van der Waals surface area contributed by atoms with Crippen LogP contribution in [0.5, 0.6) is 0 Å². The molecular weight excluding hydrogens is 386 g/mol. The van der Waals surface area contributed by atoms with Crippen molar-refractivity contribution in [3.8, 4) is 0 Å². The summed E-state index contributed by atoms with van der Waals surface area (Å²) in [6.45, 7) is 0. The van der Waals surface area contributed by atoms with Crippen molar-refractivity contribution in [2.45, 2.75) is 11.3 Å². The van der Waals surface area contributed by atoms with E-state index in [0.717, 1.165) is 16.5 Å². The molecule has 0 bridgehead atoms. The van der Waals surface area contributed by atoms with Gasteiger partial charge in [0.15, 0.2) is 0 Å². The van der Waals surface area contributed by atoms with Crippen molar-refractivity contribution >= 4 is 31.6 Å².